The second kappa shape index (κ2) is 7.66. The Kier molecular flexibility index (Phi) is 5.85. The minimum atomic E-state index is 0.563. The number of pyridine rings is 1. The second-order valence-corrected chi connectivity index (χ2v) is 6.22. The van der Waals surface area contributed by atoms with Crippen LogP contribution in [0.2, 0.25) is 10.0 Å². The summed E-state index contributed by atoms with van der Waals surface area (Å²) in [5.41, 5.74) is 3.51. The van der Waals surface area contributed by atoms with Crippen molar-refractivity contribution in [3.05, 3.63) is 45.6 Å². The standard InChI is InChI=1S/C17H20Cl2N4/c1-5-23(4)10-21-14-6-11(2)7-15(16(14)19)22-17-12(3)8-13(18)9-20-17/h6-10H,5H2,1-4H3,(H,20,22). The number of aliphatic imine (C=N–C) groups is 1. The molecule has 0 aliphatic carbocycles. The maximum Gasteiger partial charge on any atom is 0.133 e. The minimum Gasteiger partial charge on any atom is -0.366 e. The van der Waals surface area contributed by atoms with Gasteiger partial charge in [0.15, 0.2) is 0 Å². The first-order valence-corrected chi connectivity index (χ1v) is 8.10. The van der Waals surface area contributed by atoms with Gasteiger partial charge in [0.2, 0.25) is 0 Å². The third-order valence-electron chi connectivity index (χ3n) is 3.39. The number of rotatable bonds is 5. The molecule has 1 N–H and O–H groups in total. The van der Waals surface area contributed by atoms with Crippen LogP contribution in [-0.4, -0.2) is 29.8 Å². The monoisotopic (exact) mass is 350 g/mol. The molecule has 2 aromatic rings. The molecule has 0 saturated heterocycles. The van der Waals surface area contributed by atoms with Gasteiger partial charge in [0.1, 0.15) is 5.82 Å². The van der Waals surface area contributed by atoms with Gasteiger partial charge in [0, 0.05) is 19.8 Å². The average Bonchev–Trinajstić information content (AvgIpc) is 2.51. The number of halogens is 2. The topological polar surface area (TPSA) is 40.5 Å². The first-order valence-electron chi connectivity index (χ1n) is 7.34. The summed E-state index contributed by atoms with van der Waals surface area (Å²) in [5, 5.41) is 4.43. The zero-order valence-electron chi connectivity index (χ0n) is 13.7. The van der Waals surface area contributed by atoms with Crippen LogP contribution < -0.4 is 5.32 Å². The Labute approximate surface area is 147 Å². The van der Waals surface area contributed by atoms with Crippen molar-refractivity contribution in [1.82, 2.24) is 9.88 Å². The molecule has 0 spiro atoms. The zero-order chi connectivity index (χ0) is 17.0. The Balaban J connectivity index is 2.35. The lowest BCUT2D eigenvalue weighted by Gasteiger charge is -2.13. The number of hydrogen-bond acceptors (Lipinski definition) is 3. The van der Waals surface area contributed by atoms with Crippen molar-refractivity contribution < 1.29 is 0 Å². The number of aryl methyl sites for hydroxylation is 2. The van der Waals surface area contributed by atoms with Crippen molar-refractivity contribution in [3.8, 4) is 0 Å². The normalized spacial score (nSPS) is 11.0. The zero-order valence-corrected chi connectivity index (χ0v) is 15.2. The number of benzene rings is 1. The van der Waals surface area contributed by atoms with Gasteiger partial charge >= 0.3 is 0 Å². The largest absolute Gasteiger partial charge is 0.366 e. The molecule has 122 valence electrons. The van der Waals surface area contributed by atoms with E-state index in [1.54, 1.807) is 12.5 Å². The molecule has 0 atom stereocenters. The van der Waals surface area contributed by atoms with Crippen LogP contribution in [0.5, 0.6) is 0 Å². The van der Waals surface area contributed by atoms with E-state index in [-0.39, 0.29) is 0 Å². The highest BCUT2D eigenvalue weighted by molar-refractivity contribution is 6.36. The van der Waals surface area contributed by atoms with Gasteiger partial charge in [-0.3, -0.25) is 0 Å². The summed E-state index contributed by atoms with van der Waals surface area (Å²) in [6, 6.07) is 5.78. The van der Waals surface area contributed by atoms with E-state index in [0.717, 1.165) is 34.9 Å². The number of anilines is 2. The van der Waals surface area contributed by atoms with Gasteiger partial charge in [-0.05, 0) is 50.1 Å². The van der Waals surface area contributed by atoms with Crippen LogP contribution >= 0.6 is 23.2 Å². The van der Waals surface area contributed by atoms with Crippen LogP contribution in [0.3, 0.4) is 0 Å². The van der Waals surface area contributed by atoms with Gasteiger partial charge in [-0.25, -0.2) is 9.98 Å². The summed E-state index contributed by atoms with van der Waals surface area (Å²) in [4.78, 5) is 10.8. The molecule has 0 fully saturated rings. The smallest absolute Gasteiger partial charge is 0.133 e. The number of hydrogen-bond donors (Lipinski definition) is 1. The highest BCUT2D eigenvalue weighted by Gasteiger charge is 2.10. The van der Waals surface area contributed by atoms with Crippen molar-refractivity contribution in [2.45, 2.75) is 20.8 Å². The fraction of sp³-hybridized carbons (Fsp3) is 0.294. The lowest BCUT2D eigenvalue weighted by Crippen LogP contribution is -2.14. The van der Waals surface area contributed by atoms with E-state index in [9.17, 15) is 0 Å². The molecule has 1 aromatic carbocycles. The highest BCUT2D eigenvalue weighted by Crippen LogP contribution is 2.35. The fourth-order valence-corrected chi connectivity index (χ4v) is 2.39. The van der Waals surface area contributed by atoms with Crippen molar-refractivity contribution in [2.75, 3.05) is 18.9 Å². The predicted molar refractivity (Wildman–Crippen MR) is 99.9 cm³/mol. The van der Waals surface area contributed by atoms with Gasteiger partial charge in [-0.1, -0.05) is 23.2 Å². The molecule has 2 rings (SSSR count). The van der Waals surface area contributed by atoms with Crippen molar-refractivity contribution >= 4 is 46.7 Å². The Morgan fingerprint density at radius 2 is 2.00 bits per heavy atom. The lowest BCUT2D eigenvalue weighted by atomic mass is 10.2. The van der Waals surface area contributed by atoms with E-state index >= 15 is 0 Å². The first-order chi connectivity index (χ1) is 10.9. The quantitative estimate of drug-likeness (QED) is 0.582. The van der Waals surface area contributed by atoms with Gasteiger partial charge in [-0.2, -0.15) is 0 Å². The molecule has 1 aromatic heterocycles. The van der Waals surface area contributed by atoms with Gasteiger partial charge < -0.3 is 10.2 Å². The van der Waals surface area contributed by atoms with E-state index in [4.69, 9.17) is 23.2 Å². The van der Waals surface area contributed by atoms with Crippen molar-refractivity contribution in [2.24, 2.45) is 4.99 Å². The Morgan fingerprint density at radius 1 is 1.26 bits per heavy atom. The van der Waals surface area contributed by atoms with Crippen molar-refractivity contribution in [3.63, 3.8) is 0 Å². The Hall–Kier alpha value is -1.78. The molecular weight excluding hydrogens is 331 g/mol. The first kappa shape index (κ1) is 17.6. The average molecular weight is 351 g/mol. The highest BCUT2D eigenvalue weighted by atomic mass is 35.5. The number of aromatic nitrogens is 1. The maximum atomic E-state index is 6.49. The van der Waals surface area contributed by atoms with E-state index in [2.05, 4.69) is 22.2 Å². The lowest BCUT2D eigenvalue weighted by molar-refractivity contribution is 0.552. The number of nitrogens with zero attached hydrogens (tertiary/aromatic N) is 3. The Bertz CT molecular complexity index is 729. The molecule has 0 radical (unpaired) electrons. The van der Waals surface area contributed by atoms with E-state index in [1.807, 2.05) is 44.0 Å². The number of nitrogens with one attached hydrogen (secondary N) is 1. The third-order valence-corrected chi connectivity index (χ3v) is 3.99. The minimum absolute atomic E-state index is 0.563. The Morgan fingerprint density at radius 3 is 2.65 bits per heavy atom. The summed E-state index contributed by atoms with van der Waals surface area (Å²) in [6.45, 7) is 6.89. The molecular formula is C17H20Cl2N4. The molecule has 0 saturated carbocycles. The molecule has 0 bridgehead atoms. The molecule has 0 aliphatic rings. The van der Waals surface area contributed by atoms with Gasteiger partial charge in [0.05, 0.1) is 27.8 Å². The van der Waals surface area contributed by atoms with Crippen LogP contribution in [0.1, 0.15) is 18.1 Å². The fourth-order valence-electron chi connectivity index (χ4n) is 1.98. The molecule has 4 nitrogen and oxygen atoms in total. The van der Waals surface area contributed by atoms with Crippen LogP contribution in [0, 0.1) is 13.8 Å². The molecule has 1 heterocycles. The molecule has 0 unspecified atom stereocenters. The summed E-state index contributed by atoms with van der Waals surface area (Å²) in [5.74, 6) is 0.725. The SMILES string of the molecule is CCN(C)C=Nc1cc(C)cc(Nc2ncc(Cl)cc2C)c1Cl. The second-order valence-electron chi connectivity index (χ2n) is 5.41. The summed E-state index contributed by atoms with van der Waals surface area (Å²) in [6.07, 6.45) is 3.38. The van der Waals surface area contributed by atoms with Crippen LogP contribution in [-0.2, 0) is 0 Å². The van der Waals surface area contributed by atoms with Crippen LogP contribution in [0.4, 0.5) is 17.2 Å². The van der Waals surface area contributed by atoms with Crippen molar-refractivity contribution in [1.29, 1.82) is 0 Å². The molecule has 6 heteroatoms. The van der Waals surface area contributed by atoms with E-state index < -0.39 is 0 Å². The van der Waals surface area contributed by atoms with Gasteiger partial charge in [-0.15, -0.1) is 0 Å². The summed E-state index contributed by atoms with van der Waals surface area (Å²) < 4.78 is 0. The molecule has 23 heavy (non-hydrogen) atoms. The molecule has 0 amide bonds. The van der Waals surface area contributed by atoms with Crippen LogP contribution in [0.25, 0.3) is 0 Å². The van der Waals surface area contributed by atoms with E-state index in [1.165, 1.54) is 0 Å². The van der Waals surface area contributed by atoms with Gasteiger partial charge in [0.25, 0.3) is 0 Å². The predicted octanol–water partition coefficient (Wildman–Crippen LogP) is 5.36. The van der Waals surface area contributed by atoms with Crippen LogP contribution in [0.15, 0.2) is 29.4 Å². The molecule has 0 aliphatic heterocycles. The summed E-state index contributed by atoms with van der Waals surface area (Å²) in [7, 11) is 1.97. The third kappa shape index (κ3) is 4.60. The summed E-state index contributed by atoms with van der Waals surface area (Å²) >= 11 is 12.4. The van der Waals surface area contributed by atoms with E-state index in [0.29, 0.717) is 10.0 Å². The maximum absolute atomic E-state index is 6.49.